The fourth-order valence-corrected chi connectivity index (χ4v) is 3.58. The summed E-state index contributed by atoms with van der Waals surface area (Å²) in [6.07, 6.45) is 3.44. The summed E-state index contributed by atoms with van der Waals surface area (Å²) in [5.74, 6) is 1.62. The first-order valence-corrected chi connectivity index (χ1v) is 7.71. The molecule has 2 heterocycles. The van der Waals surface area contributed by atoms with Crippen molar-refractivity contribution in [3.63, 3.8) is 0 Å². The number of carbonyl (C=O) groups excluding carboxylic acids is 1. The molecule has 0 spiro atoms. The molecule has 0 aromatic carbocycles. The Morgan fingerprint density at radius 2 is 2.11 bits per heavy atom. The van der Waals surface area contributed by atoms with Crippen LogP contribution < -0.4 is 5.32 Å². The van der Waals surface area contributed by atoms with Crippen molar-refractivity contribution >= 4 is 5.91 Å². The predicted octanol–water partition coefficient (Wildman–Crippen LogP) is 1.17. The molecule has 4 atom stereocenters. The monoisotopic (exact) mass is 267 g/mol. The van der Waals surface area contributed by atoms with E-state index >= 15 is 0 Å². The number of nitrogens with one attached hydrogen (secondary N) is 1. The fourth-order valence-electron chi connectivity index (χ4n) is 3.58. The van der Waals surface area contributed by atoms with Crippen LogP contribution in [0.4, 0.5) is 0 Å². The molecule has 0 aliphatic carbocycles. The summed E-state index contributed by atoms with van der Waals surface area (Å²) < 4.78 is 0. The molecule has 2 saturated heterocycles. The van der Waals surface area contributed by atoms with E-state index in [1.165, 1.54) is 12.8 Å². The number of rotatable bonds is 3. The molecule has 4 unspecified atom stereocenters. The van der Waals surface area contributed by atoms with E-state index in [1.807, 2.05) is 0 Å². The van der Waals surface area contributed by atoms with E-state index in [2.05, 4.69) is 43.1 Å². The van der Waals surface area contributed by atoms with E-state index in [0.717, 1.165) is 32.0 Å². The van der Waals surface area contributed by atoms with Crippen LogP contribution in [0.15, 0.2) is 0 Å². The minimum Gasteiger partial charge on any atom is -0.339 e. The van der Waals surface area contributed by atoms with Gasteiger partial charge >= 0.3 is 0 Å². The average molecular weight is 267 g/mol. The Balaban J connectivity index is 1.93. The van der Waals surface area contributed by atoms with Crippen LogP contribution in [-0.2, 0) is 4.79 Å². The van der Waals surface area contributed by atoms with Crippen LogP contribution in [0.3, 0.4) is 0 Å². The van der Waals surface area contributed by atoms with Crippen LogP contribution in [0.1, 0.15) is 33.1 Å². The molecule has 2 rings (SSSR count). The molecule has 110 valence electrons. The largest absolute Gasteiger partial charge is 0.339 e. The quantitative estimate of drug-likeness (QED) is 0.834. The van der Waals surface area contributed by atoms with E-state index < -0.39 is 0 Å². The van der Waals surface area contributed by atoms with Crippen molar-refractivity contribution in [1.82, 2.24) is 15.1 Å². The van der Waals surface area contributed by atoms with E-state index in [-0.39, 0.29) is 6.04 Å². The minimum atomic E-state index is 0.0619. The van der Waals surface area contributed by atoms with Gasteiger partial charge in [-0.3, -0.25) is 4.79 Å². The third kappa shape index (κ3) is 3.29. The van der Waals surface area contributed by atoms with E-state index in [0.29, 0.717) is 17.9 Å². The van der Waals surface area contributed by atoms with E-state index in [1.54, 1.807) is 0 Å². The zero-order valence-electron chi connectivity index (χ0n) is 12.9. The summed E-state index contributed by atoms with van der Waals surface area (Å²) in [4.78, 5) is 16.9. The van der Waals surface area contributed by atoms with Crippen LogP contribution in [0.25, 0.3) is 0 Å². The topological polar surface area (TPSA) is 35.6 Å². The molecule has 4 heteroatoms. The highest BCUT2D eigenvalue weighted by atomic mass is 16.2. The van der Waals surface area contributed by atoms with Gasteiger partial charge in [0.15, 0.2) is 0 Å². The zero-order valence-corrected chi connectivity index (χ0v) is 12.9. The minimum absolute atomic E-state index is 0.0619. The normalized spacial score (nSPS) is 35.9. The van der Waals surface area contributed by atoms with Crippen molar-refractivity contribution < 1.29 is 4.79 Å². The van der Waals surface area contributed by atoms with Gasteiger partial charge < -0.3 is 15.1 Å². The molecule has 1 amide bonds. The Morgan fingerprint density at radius 3 is 2.68 bits per heavy atom. The number of amides is 1. The predicted molar refractivity (Wildman–Crippen MR) is 78.0 cm³/mol. The number of hydrogen-bond donors (Lipinski definition) is 1. The first-order valence-electron chi connectivity index (χ1n) is 7.71. The van der Waals surface area contributed by atoms with Gasteiger partial charge in [-0.25, -0.2) is 0 Å². The molecule has 0 aromatic heterocycles. The van der Waals surface area contributed by atoms with Crippen molar-refractivity contribution in [1.29, 1.82) is 0 Å². The lowest BCUT2D eigenvalue weighted by atomic mass is 9.90. The van der Waals surface area contributed by atoms with Gasteiger partial charge in [0.1, 0.15) is 0 Å². The first-order chi connectivity index (χ1) is 9.02. The lowest BCUT2D eigenvalue weighted by molar-refractivity contribution is -0.133. The molecule has 19 heavy (non-hydrogen) atoms. The Kier molecular flexibility index (Phi) is 4.85. The molecule has 0 radical (unpaired) electrons. The van der Waals surface area contributed by atoms with Gasteiger partial charge in [0.05, 0.1) is 6.04 Å². The maximum atomic E-state index is 12.6. The molecule has 0 aromatic rings. The lowest BCUT2D eigenvalue weighted by Gasteiger charge is -2.32. The standard InChI is InChI=1S/C15H29N3O/c1-5-12-6-7-16-13(8-12)15(19)18-9-11(2)14(10-18)17(3)4/h11-14,16H,5-10H2,1-4H3. The van der Waals surface area contributed by atoms with Crippen molar-refractivity contribution in [3.05, 3.63) is 0 Å². The van der Waals surface area contributed by atoms with Crippen molar-refractivity contribution in [2.24, 2.45) is 11.8 Å². The third-order valence-corrected chi connectivity index (χ3v) is 4.94. The number of hydrogen-bond acceptors (Lipinski definition) is 3. The maximum absolute atomic E-state index is 12.6. The second kappa shape index (κ2) is 6.23. The summed E-state index contributed by atoms with van der Waals surface area (Å²) in [5.41, 5.74) is 0. The smallest absolute Gasteiger partial charge is 0.239 e. The van der Waals surface area contributed by atoms with Crippen LogP contribution in [-0.4, -0.2) is 61.5 Å². The third-order valence-electron chi connectivity index (χ3n) is 4.94. The molecular weight excluding hydrogens is 238 g/mol. The Labute approximate surface area is 117 Å². The second-order valence-electron chi connectivity index (χ2n) is 6.56. The first kappa shape index (κ1) is 14.8. The van der Waals surface area contributed by atoms with Crippen LogP contribution in [0, 0.1) is 11.8 Å². The number of piperidine rings is 1. The molecule has 1 N–H and O–H groups in total. The van der Waals surface area contributed by atoms with Gasteiger partial charge in [-0.05, 0) is 45.3 Å². The summed E-state index contributed by atoms with van der Waals surface area (Å²) in [5, 5.41) is 3.41. The van der Waals surface area contributed by atoms with E-state index in [4.69, 9.17) is 0 Å². The summed E-state index contributed by atoms with van der Waals surface area (Å²) in [6.45, 7) is 7.28. The Morgan fingerprint density at radius 1 is 1.37 bits per heavy atom. The molecular formula is C15H29N3O. The second-order valence-corrected chi connectivity index (χ2v) is 6.56. The Bertz CT molecular complexity index is 319. The number of nitrogens with zero attached hydrogens (tertiary/aromatic N) is 2. The summed E-state index contributed by atoms with van der Waals surface area (Å²) in [7, 11) is 4.22. The summed E-state index contributed by atoms with van der Waals surface area (Å²) in [6, 6.07) is 0.571. The molecule has 2 fully saturated rings. The summed E-state index contributed by atoms with van der Waals surface area (Å²) >= 11 is 0. The van der Waals surface area contributed by atoms with Gasteiger partial charge in [0.25, 0.3) is 0 Å². The van der Waals surface area contributed by atoms with Crippen LogP contribution in [0.5, 0.6) is 0 Å². The highest BCUT2D eigenvalue weighted by Crippen LogP contribution is 2.24. The van der Waals surface area contributed by atoms with Gasteiger partial charge in [-0.2, -0.15) is 0 Å². The van der Waals surface area contributed by atoms with Crippen molar-refractivity contribution in [2.45, 2.75) is 45.2 Å². The van der Waals surface area contributed by atoms with Crippen LogP contribution >= 0.6 is 0 Å². The fraction of sp³-hybridized carbons (Fsp3) is 0.933. The highest BCUT2D eigenvalue weighted by molar-refractivity contribution is 5.82. The SMILES string of the molecule is CCC1CCNC(C(=O)N2CC(C)C(N(C)C)C2)C1. The van der Waals surface area contributed by atoms with Crippen molar-refractivity contribution in [2.75, 3.05) is 33.7 Å². The van der Waals surface area contributed by atoms with Gasteiger partial charge in [0.2, 0.25) is 5.91 Å². The lowest BCUT2D eigenvalue weighted by Crippen LogP contribution is -2.50. The molecule has 2 aliphatic heterocycles. The highest BCUT2D eigenvalue weighted by Gasteiger charge is 2.37. The number of likely N-dealkylation sites (tertiary alicyclic amines) is 1. The number of carbonyl (C=O) groups is 1. The maximum Gasteiger partial charge on any atom is 0.239 e. The van der Waals surface area contributed by atoms with E-state index in [9.17, 15) is 4.79 Å². The Hall–Kier alpha value is -0.610. The van der Waals surface area contributed by atoms with Crippen LogP contribution in [0.2, 0.25) is 0 Å². The van der Waals surface area contributed by atoms with Gasteiger partial charge in [-0.15, -0.1) is 0 Å². The number of likely N-dealkylation sites (N-methyl/N-ethyl adjacent to an activating group) is 1. The molecule has 0 bridgehead atoms. The van der Waals surface area contributed by atoms with Gasteiger partial charge in [0, 0.05) is 19.1 Å². The van der Waals surface area contributed by atoms with Crippen molar-refractivity contribution in [3.8, 4) is 0 Å². The zero-order chi connectivity index (χ0) is 14.0. The average Bonchev–Trinajstić information content (AvgIpc) is 2.80. The van der Waals surface area contributed by atoms with Gasteiger partial charge in [-0.1, -0.05) is 20.3 Å². The molecule has 0 saturated carbocycles. The molecule has 4 nitrogen and oxygen atoms in total. The molecule has 2 aliphatic rings.